The van der Waals surface area contributed by atoms with E-state index in [0.717, 1.165) is 6.26 Å². The molecule has 3 aliphatic rings. The molecule has 2 saturated heterocycles. The topological polar surface area (TPSA) is 113 Å². The summed E-state index contributed by atoms with van der Waals surface area (Å²) in [6.07, 6.45) is -5.10. The van der Waals surface area contributed by atoms with Crippen LogP contribution in [0.3, 0.4) is 0 Å². The van der Waals surface area contributed by atoms with E-state index in [1.165, 1.54) is 4.31 Å². The first-order valence-electron chi connectivity index (χ1n) is 10.1. The lowest BCUT2D eigenvalue weighted by Gasteiger charge is -2.42. The van der Waals surface area contributed by atoms with Crippen LogP contribution in [0.15, 0.2) is 0 Å². The van der Waals surface area contributed by atoms with Crippen LogP contribution >= 0.6 is 11.6 Å². The van der Waals surface area contributed by atoms with Crippen molar-refractivity contribution in [2.45, 2.75) is 74.4 Å². The molecule has 8 unspecified atom stereocenters. The van der Waals surface area contributed by atoms with Crippen molar-refractivity contribution in [3.63, 3.8) is 0 Å². The number of hydrogen-bond donors (Lipinski definition) is 5. The van der Waals surface area contributed by atoms with E-state index < -0.39 is 53.7 Å². The van der Waals surface area contributed by atoms with Crippen LogP contribution in [0.25, 0.3) is 0 Å². The number of nitrogens with zero attached hydrogens (tertiary/aromatic N) is 1. The van der Waals surface area contributed by atoms with Gasteiger partial charge in [-0.1, -0.05) is 4.21 Å². The van der Waals surface area contributed by atoms with Crippen molar-refractivity contribution in [1.29, 1.82) is 0 Å². The van der Waals surface area contributed by atoms with E-state index in [1.54, 1.807) is 0 Å². The van der Waals surface area contributed by atoms with Crippen LogP contribution in [0.5, 0.6) is 0 Å². The van der Waals surface area contributed by atoms with Crippen LogP contribution in [-0.2, 0) is 19.3 Å². The summed E-state index contributed by atoms with van der Waals surface area (Å²) >= 11 is 6.02. The Kier molecular flexibility index (Phi) is 8.55. The number of hydrogen-bond acceptors (Lipinski definition) is 8. The Balaban J connectivity index is 1.58. The minimum atomic E-state index is -4.49. The van der Waals surface area contributed by atoms with Crippen molar-refractivity contribution < 1.29 is 31.1 Å². The van der Waals surface area contributed by atoms with Crippen LogP contribution in [0.1, 0.15) is 25.7 Å². The van der Waals surface area contributed by atoms with Gasteiger partial charge in [0.1, 0.15) is 42.0 Å². The second kappa shape index (κ2) is 10.4. The maximum absolute atomic E-state index is 13.6. The van der Waals surface area contributed by atoms with Gasteiger partial charge in [0.25, 0.3) is 0 Å². The molecule has 9 nitrogen and oxygen atoms in total. The quantitative estimate of drug-likeness (QED) is 0.192. The molecule has 0 amide bonds. The number of ether oxygens (including phenoxy) is 1. The molecule has 1 aliphatic carbocycles. The first kappa shape index (κ1) is 25.5. The summed E-state index contributed by atoms with van der Waals surface area (Å²) in [6, 6.07) is -0.329. The lowest BCUT2D eigenvalue weighted by molar-refractivity contribution is -0.199. The molecule has 5 N–H and O–H groups in total. The summed E-state index contributed by atoms with van der Waals surface area (Å²) in [5, 5.41) is 14.6. The van der Waals surface area contributed by atoms with Crippen molar-refractivity contribution >= 4 is 22.0 Å². The minimum absolute atomic E-state index is 0.131. The van der Waals surface area contributed by atoms with Crippen LogP contribution in [0, 0.1) is 0 Å². The summed E-state index contributed by atoms with van der Waals surface area (Å²) in [6.45, 7) is -0.827. The molecule has 2 aliphatic heterocycles. The second-order valence-corrected chi connectivity index (χ2v) is 10.7. The SMILES string of the molecule is C[S+](=O)([O-])N1CCC(NC2NC(NC3CCC(F)C(Cl)C3)NC(OCC(F)(F)F)N2)C1. The highest BCUT2D eigenvalue weighted by molar-refractivity contribution is 7.94. The average Bonchev–Trinajstić information content (AvgIpc) is 3.11. The molecule has 15 heteroatoms. The third-order valence-corrected chi connectivity index (χ3v) is 7.22. The fourth-order valence-corrected chi connectivity index (χ4v) is 5.18. The van der Waals surface area contributed by atoms with E-state index in [2.05, 4.69) is 26.6 Å². The number of halogens is 5. The zero-order valence-electron chi connectivity index (χ0n) is 17.0. The largest absolute Gasteiger partial charge is 0.598 e. The molecule has 0 bridgehead atoms. The summed E-state index contributed by atoms with van der Waals surface area (Å²) in [5.74, 6) is 0. The van der Waals surface area contributed by atoms with Crippen LogP contribution in [0.2, 0.25) is 0 Å². The predicted octanol–water partition coefficient (Wildman–Crippen LogP) is 0.125. The van der Waals surface area contributed by atoms with E-state index in [-0.39, 0.29) is 18.6 Å². The van der Waals surface area contributed by atoms with Crippen LogP contribution < -0.4 is 26.6 Å². The maximum Gasteiger partial charge on any atom is 0.411 e. The van der Waals surface area contributed by atoms with Crippen molar-refractivity contribution in [2.24, 2.45) is 0 Å². The van der Waals surface area contributed by atoms with E-state index in [1.807, 2.05) is 0 Å². The third-order valence-electron chi connectivity index (χ3n) is 5.50. The molecule has 1 saturated carbocycles. The first-order valence-corrected chi connectivity index (χ1v) is 12.4. The Morgan fingerprint density at radius 1 is 1.16 bits per heavy atom. The molecule has 2 heterocycles. The normalized spacial score (nSPS) is 40.0. The van der Waals surface area contributed by atoms with Gasteiger partial charge in [0, 0.05) is 18.6 Å². The van der Waals surface area contributed by atoms with Gasteiger partial charge in [0.2, 0.25) is 0 Å². The number of sulfonamides is 1. The van der Waals surface area contributed by atoms with Gasteiger partial charge in [-0.15, -0.1) is 15.9 Å². The van der Waals surface area contributed by atoms with E-state index in [0.29, 0.717) is 32.2 Å². The van der Waals surface area contributed by atoms with Gasteiger partial charge in [0.15, 0.2) is 6.35 Å². The molecule has 0 aromatic heterocycles. The molecule has 0 spiro atoms. The molecule has 31 heavy (non-hydrogen) atoms. The number of alkyl halides is 5. The minimum Gasteiger partial charge on any atom is -0.598 e. The van der Waals surface area contributed by atoms with Gasteiger partial charge >= 0.3 is 6.18 Å². The highest BCUT2D eigenvalue weighted by atomic mass is 35.5. The van der Waals surface area contributed by atoms with E-state index >= 15 is 0 Å². The zero-order valence-corrected chi connectivity index (χ0v) is 18.5. The molecule has 0 aromatic rings. The first-order chi connectivity index (χ1) is 14.4. The molecule has 0 aromatic carbocycles. The van der Waals surface area contributed by atoms with Gasteiger partial charge in [-0.25, -0.2) is 4.39 Å². The summed E-state index contributed by atoms with van der Waals surface area (Å²) in [5.41, 5.74) is 0. The molecule has 3 fully saturated rings. The summed E-state index contributed by atoms with van der Waals surface area (Å²) < 4.78 is 81.1. The molecule has 182 valence electrons. The molecule has 8 atom stereocenters. The Hall–Kier alpha value is -0.160. The fraction of sp³-hybridized carbons (Fsp3) is 1.00. The Bertz CT molecular complexity index is 647. The number of nitrogens with one attached hydrogen (secondary N) is 5. The van der Waals surface area contributed by atoms with Gasteiger partial charge in [-0.05, 0) is 25.7 Å². The smallest absolute Gasteiger partial charge is 0.411 e. The lowest BCUT2D eigenvalue weighted by Crippen LogP contribution is -2.76. The van der Waals surface area contributed by atoms with Crippen LogP contribution in [0.4, 0.5) is 17.6 Å². The fourth-order valence-electron chi connectivity index (χ4n) is 3.95. The summed E-state index contributed by atoms with van der Waals surface area (Å²) in [4.78, 5) is 0. The predicted molar refractivity (Wildman–Crippen MR) is 106 cm³/mol. The third kappa shape index (κ3) is 7.98. The van der Waals surface area contributed by atoms with Gasteiger partial charge in [-0.3, -0.25) is 26.6 Å². The second-order valence-electron chi connectivity index (χ2n) is 8.15. The van der Waals surface area contributed by atoms with Crippen molar-refractivity contribution in [3.8, 4) is 0 Å². The lowest BCUT2D eigenvalue weighted by atomic mass is 9.93. The zero-order chi connectivity index (χ0) is 22.8. The highest BCUT2D eigenvalue weighted by Gasteiger charge is 2.38. The molecule has 0 radical (unpaired) electrons. The Morgan fingerprint density at radius 2 is 1.81 bits per heavy atom. The number of rotatable bonds is 7. The van der Waals surface area contributed by atoms with E-state index in [9.17, 15) is 26.3 Å². The van der Waals surface area contributed by atoms with Crippen molar-refractivity contribution in [2.75, 3.05) is 26.0 Å². The average molecular weight is 497 g/mol. The molecule has 3 rings (SSSR count). The monoisotopic (exact) mass is 496 g/mol. The van der Waals surface area contributed by atoms with E-state index in [4.69, 9.17) is 16.3 Å². The molecular formula is C16H29ClF4N6O3S. The van der Waals surface area contributed by atoms with Crippen molar-refractivity contribution in [1.82, 2.24) is 30.9 Å². The Labute approximate surface area is 184 Å². The van der Waals surface area contributed by atoms with Gasteiger partial charge < -0.3 is 9.29 Å². The Morgan fingerprint density at radius 3 is 2.35 bits per heavy atom. The van der Waals surface area contributed by atoms with Crippen molar-refractivity contribution in [3.05, 3.63) is 0 Å². The van der Waals surface area contributed by atoms with Gasteiger partial charge in [-0.2, -0.15) is 13.2 Å². The highest BCUT2D eigenvalue weighted by Crippen LogP contribution is 2.26. The van der Waals surface area contributed by atoms with Gasteiger partial charge in [0.05, 0.1) is 11.9 Å². The maximum atomic E-state index is 13.6. The standard InChI is InChI=1S/C16H29ClF4N6O3S/c1-31(28,29)27-5-4-10(7-27)23-14-24-13(22-9-2-3-12(18)11(17)6-9)25-15(26-14)30-8-16(19,20)21/h9-15,22-26H,2-8H2,1H3. The van der Waals surface area contributed by atoms with Crippen LogP contribution in [-0.4, -0.2) is 83.6 Å². The summed E-state index contributed by atoms with van der Waals surface area (Å²) in [7, 11) is -3.32. The molecular weight excluding hydrogens is 468 g/mol.